The number of ether oxygens (including phenoxy) is 1. The van der Waals surface area contributed by atoms with E-state index in [0.717, 1.165) is 50.2 Å². The van der Waals surface area contributed by atoms with Crippen molar-refractivity contribution in [3.63, 3.8) is 0 Å². The first-order valence-electron chi connectivity index (χ1n) is 9.58. The quantitative estimate of drug-likeness (QED) is 0.658. The summed E-state index contributed by atoms with van der Waals surface area (Å²) in [6.07, 6.45) is 0.946. The lowest BCUT2D eigenvalue weighted by Crippen LogP contribution is -2.30. The Balaban J connectivity index is 1.50. The maximum atomic E-state index is 13.7. The van der Waals surface area contributed by atoms with Crippen LogP contribution in [0.4, 0.5) is 15.8 Å². The van der Waals surface area contributed by atoms with E-state index >= 15 is 0 Å². The summed E-state index contributed by atoms with van der Waals surface area (Å²) >= 11 is 0. The molecule has 0 saturated heterocycles. The summed E-state index contributed by atoms with van der Waals surface area (Å²) in [5.74, 6) is -0.180. The third-order valence-electron chi connectivity index (χ3n) is 5.37. The minimum absolute atomic E-state index is 0.180. The fourth-order valence-electron chi connectivity index (χ4n) is 3.80. The molecule has 2 aromatic carbocycles. The van der Waals surface area contributed by atoms with Gasteiger partial charge in [0.1, 0.15) is 5.82 Å². The van der Waals surface area contributed by atoms with Gasteiger partial charge < -0.3 is 19.5 Å². The van der Waals surface area contributed by atoms with Crippen LogP contribution in [0.5, 0.6) is 0 Å². The molecule has 4 nitrogen and oxygen atoms in total. The van der Waals surface area contributed by atoms with Crippen LogP contribution in [0, 0.1) is 5.82 Å². The Morgan fingerprint density at radius 1 is 1.19 bits per heavy atom. The van der Waals surface area contributed by atoms with Crippen molar-refractivity contribution < 1.29 is 9.13 Å². The average Bonchev–Trinajstić information content (AvgIpc) is 3.05. The predicted molar refractivity (Wildman–Crippen MR) is 109 cm³/mol. The van der Waals surface area contributed by atoms with E-state index in [1.54, 1.807) is 6.07 Å². The highest BCUT2D eigenvalue weighted by atomic mass is 19.1. The molecule has 0 aliphatic carbocycles. The van der Waals surface area contributed by atoms with E-state index in [4.69, 9.17) is 4.74 Å². The number of rotatable bonds is 6. The molecule has 0 bridgehead atoms. The van der Waals surface area contributed by atoms with E-state index in [0.29, 0.717) is 0 Å². The molecule has 1 aromatic heterocycles. The number of hydrogen-bond acceptors (Lipinski definition) is 3. The minimum atomic E-state index is -0.180. The van der Waals surface area contributed by atoms with Gasteiger partial charge >= 0.3 is 0 Å². The van der Waals surface area contributed by atoms with Crippen LogP contribution in [-0.2, 0) is 17.7 Å². The Morgan fingerprint density at radius 2 is 2.00 bits per heavy atom. The monoisotopic (exact) mass is 367 g/mol. The maximum absolute atomic E-state index is 13.7. The number of nitrogens with zero attached hydrogens (tertiary/aromatic N) is 2. The second-order valence-corrected chi connectivity index (χ2v) is 7.08. The zero-order chi connectivity index (χ0) is 18.8. The zero-order valence-electron chi connectivity index (χ0n) is 16.0. The molecule has 4 rings (SSSR count). The van der Waals surface area contributed by atoms with Crippen LogP contribution in [0.25, 0.3) is 10.9 Å². The second-order valence-electron chi connectivity index (χ2n) is 7.08. The molecule has 27 heavy (non-hydrogen) atoms. The summed E-state index contributed by atoms with van der Waals surface area (Å²) in [5.41, 5.74) is 5.86. The molecular formula is C22H26FN3O. The lowest BCUT2D eigenvalue weighted by molar-refractivity contribution is 0.154. The second kappa shape index (κ2) is 7.61. The molecule has 0 amide bonds. The summed E-state index contributed by atoms with van der Waals surface area (Å²) in [5, 5.41) is 1.00. The van der Waals surface area contributed by atoms with Gasteiger partial charge in [-0.2, -0.15) is 0 Å². The number of hydrogen-bond donors (Lipinski definition) is 1. The number of fused-ring (bicyclic) bond motifs is 3. The van der Waals surface area contributed by atoms with E-state index in [9.17, 15) is 4.39 Å². The number of nitrogens with one attached hydrogen (secondary N) is 1. The number of halogens is 1. The Kier molecular flexibility index (Phi) is 5.03. The van der Waals surface area contributed by atoms with Crippen LogP contribution in [0.15, 0.2) is 42.5 Å². The van der Waals surface area contributed by atoms with Crippen molar-refractivity contribution in [2.24, 2.45) is 0 Å². The van der Waals surface area contributed by atoms with E-state index in [-0.39, 0.29) is 5.82 Å². The van der Waals surface area contributed by atoms with Gasteiger partial charge in [0.2, 0.25) is 0 Å². The van der Waals surface area contributed by atoms with Crippen LogP contribution in [0.2, 0.25) is 0 Å². The number of benzene rings is 2. The molecule has 0 radical (unpaired) electrons. The van der Waals surface area contributed by atoms with Gasteiger partial charge in [-0.3, -0.25) is 0 Å². The first-order chi connectivity index (χ1) is 13.2. The molecule has 0 spiro atoms. The smallest absolute Gasteiger partial charge is 0.123 e. The Morgan fingerprint density at radius 3 is 2.78 bits per heavy atom. The summed E-state index contributed by atoms with van der Waals surface area (Å²) in [4.78, 5) is 8.02. The third kappa shape index (κ3) is 3.65. The summed E-state index contributed by atoms with van der Waals surface area (Å²) in [6, 6.07) is 13.7. The highest BCUT2D eigenvalue weighted by Crippen LogP contribution is 2.31. The molecule has 3 aromatic rings. The van der Waals surface area contributed by atoms with Crippen molar-refractivity contribution in [3.8, 4) is 0 Å². The Bertz CT molecular complexity index is 919. The number of likely N-dealkylation sites (N-methyl/N-ethyl adjacent to an activating group) is 1. The van der Waals surface area contributed by atoms with E-state index in [1.165, 1.54) is 28.7 Å². The lowest BCUT2D eigenvalue weighted by Gasteiger charge is -2.30. The summed E-state index contributed by atoms with van der Waals surface area (Å²) < 4.78 is 19.1. The fourth-order valence-corrected chi connectivity index (χ4v) is 3.80. The molecule has 0 fully saturated rings. The van der Waals surface area contributed by atoms with Gasteiger partial charge in [-0.05, 0) is 49.4 Å². The van der Waals surface area contributed by atoms with Crippen LogP contribution in [0.3, 0.4) is 0 Å². The highest BCUT2D eigenvalue weighted by Gasteiger charge is 2.21. The van der Waals surface area contributed by atoms with Crippen LogP contribution >= 0.6 is 0 Å². The number of anilines is 2. The molecule has 142 valence electrons. The molecule has 1 N–H and O–H groups in total. The maximum Gasteiger partial charge on any atom is 0.123 e. The number of aromatic amines is 1. The minimum Gasteiger partial charge on any atom is -0.380 e. The number of aromatic nitrogens is 1. The van der Waals surface area contributed by atoms with E-state index < -0.39 is 0 Å². The summed E-state index contributed by atoms with van der Waals surface area (Å²) in [7, 11) is 2.09. The average molecular weight is 367 g/mol. The molecule has 5 heteroatoms. The SMILES string of the molecule is CCOCCN(C)c1ccc(N2CCc3[nH]c4ccc(F)cc4c3C2)cc1. The first kappa shape index (κ1) is 17.9. The molecule has 1 aliphatic rings. The topological polar surface area (TPSA) is 31.5 Å². The Hall–Kier alpha value is -2.53. The largest absolute Gasteiger partial charge is 0.380 e. The first-order valence-corrected chi connectivity index (χ1v) is 9.58. The van der Waals surface area contributed by atoms with Gasteiger partial charge in [-0.1, -0.05) is 0 Å². The number of H-pyrrole nitrogens is 1. The Labute approximate surface area is 159 Å². The van der Waals surface area contributed by atoms with Gasteiger partial charge in [0, 0.05) is 73.2 Å². The summed E-state index contributed by atoms with van der Waals surface area (Å²) in [6.45, 7) is 6.14. The van der Waals surface area contributed by atoms with Crippen molar-refractivity contribution >= 4 is 22.3 Å². The van der Waals surface area contributed by atoms with Crippen molar-refractivity contribution in [2.45, 2.75) is 19.9 Å². The lowest BCUT2D eigenvalue weighted by atomic mass is 10.0. The van der Waals surface area contributed by atoms with Gasteiger partial charge in [-0.15, -0.1) is 0 Å². The van der Waals surface area contributed by atoms with Crippen molar-refractivity contribution in [2.75, 3.05) is 43.2 Å². The standard InChI is InChI=1S/C22H26FN3O/c1-3-27-13-12-25(2)17-5-7-18(8-6-17)26-11-10-22-20(15-26)19-14-16(23)4-9-21(19)24-22/h4-9,14,24H,3,10-13,15H2,1-2H3. The van der Waals surface area contributed by atoms with Crippen molar-refractivity contribution in [1.82, 2.24) is 4.98 Å². The molecule has 2 heterocycles. The molecule has 0 atom stereocenters. The van der Waals surface area contributed by atoms with Crippen LogP contribution in [-0.4, -0.2) is 38.3 Å². The zero-order valence-corrected chi connectivity index (χ0v) is 16.0. The normalized spacial score (nSPS) is 13.8. The fraction of sp³-hybridized carbons (Fsp3) is 0.364. The molecule has 1 aliphatic heterocycles. The molecular weight excluding hydrogens is 341 g/mol. The van der Waals surface area contributed by atoms with Crippen LogP contribution < -0.4 is 9.80 Å². The van der Waals surface area contributed by atoms with Crippen molar-refractivity contribution in [1.29, 1.82) is 0 Å². The predicted octanol–water partition coefficient (Wildman–Crippen LogP) is 4.34. The molecule has 0 saturated carbocycles. The van der Waals surface area contributed by atoms with Gasteiger partial charge in [0.25, 0.3) is 0 Å². The van der Waals surface area contributed by atoms with E-state index in [2.05, 4.69) is 46.1 Å². The van der Waals surface area contributed by atoms with Crippen molar-refractivity contribution in [3.05, 3.63) is 59.5 Å². The van der Waals surface area contributed by atoms with E-state index in [1.807, 2.05) is 13.0 Å². The van der Waals surface area contributed by atoms with Gasteiger partial charge in [0.15, 0.2) is 0 Å². The molecule has 0 unspecified atom stereocenters. The van der Waals surface area contributed by atoms with Gasteiger partial charge in [-0.25, -0.2) is 4.39 Å². The van der Waals surface area contributed by atoms with Crippen LogP contribution in [0.1, 0.15) is 18.2 Å². The third-order valence-corrected chi connectivity index (χ3v) is 5.37. The van der Waals surface area contributed by atoms with Gasteiger partial charge in [0.05, 0.1) is 6.61 Å². The highest BCUT2D eigenvalue weighted by molar-refractivity contribution is 5.85.